The number of fused-ring (bicyclic) bond motifs is 1. The second kappa shape index (κ2) is 8.72. The van der Waals surface area contributed by atoms with E-state index in [9.17, 15) is 9.59 Å². The fraction of sp³-hybridized carbons (Fsp3) is 0.333. The molecule has 0 spiro atoms. The van der Waals surface area contributed by atoms with Crippen LogP contribution in [0, 0.1) is 0 Å². The van der Waals surface area contributed by atoms with E-state index < -0.39 is 0 Å². The van der Waals surface area contributed by atoms with Crippen molar-refractivity contribution in [2.24, 2.45) is 0 Å². The van der Waals surface area contributed by atoms with Crippen LogP contribution >= 0.6 is 0 Å². The van der Waals surface area contributed by atoms with Crippen molar-refractivity contribution in [3.05, 3.63) is 41.5 Å². The van der Waals surface area contributed by atoms with Gasteiger partial charge in [0.1, 0.15) is 12.4 Å². The number of carbonyl (C=O) groups excluding carboxylic acids is 2. The first-order valence-electron chi connectivity index (χ1n) is 9.19. The lowest BCUT2D eigenvalue weighted by atomic mass is 10.1. The highest BCUT2D eigenvalue weighted by Crippen LogP contribution is 2.38. The lowest BCUT2D eigenvalue weighted by Crippen LogP contribution is -2.32. The van der Waals surface area contributed by atoms with Crippen molar-refractivity contribution in [1.82, 2.24) is 4.90 Å². The molecule has 2 aromatic rings. The summed E-state index contributed by atoms with van der Waals surface area (Å²) in [4.78, 5) is 27.2. The zero-order valence-corrected chi connectivity index (χ0v) is 16.9. The third kappa shape index (κ3) is 4.06. The maximum Gasteiger partial charge on any atom is 0.257 e. The maximum absolute atomic E-state index is 12.8. The third-order valence-electron chi connectivity index (χ3n) is 4.68. The van der Waals surface area contributed by atoms with Crippen LogP contribution in [0.3, 0.4) is 0 Å². The molecule has 2 aromatic carbocycles. The zero-order valence-electron chi connectivity index (χ0n) is 16.9. The van der Waals surface area contributed by atoms with Crippen molar-refractivity contribution < 1.29 is 28.5 Å². The van der Waals surface area contributed by atoms with Gasteiger partial charge in [-0.1, -0.05) is 0 Å². The number of benzene rings is 2. The van der Waals surface area contributed by atoms with Gasteiger partial charge in [-0.05, 0) is 37.3 Å². The van der Waals surface area contributed by atoms with Crippen molar-refractivity contribution in [2.45, 2.75) is 6.92 Å². The highest BCUT2D eigenvalue weighted by Gasteiger charge is 2.23. The third-order valence-corrected chi connectivity index (χ3v) is 4.68. The second-order valence-corrected chi connectivity index (χ2v) is 6.31. The van der Waals surface area contributed by atoms with Crippen molar-refractivity contribution in [3.8, 4) is 23.0 Å². The molecule has 0 aromatic heterocycles. The molecule has 8 heteroatoms. The molecule has 1 aliphatic heterocycles. The molecule has 29 heavy (non-hydrogen) atoms. The zero-order chi connectivity index (χ0) is 21.0. The van der Waals surface area contributed by atoms with E-state index >= 15 is 0 Å². The second-order valence-electron chi connectivity index (χ2n) is 6.31. The van der Waals surface area contributed by atoms with Crippen LogP contribution in [0.1, 0.15) is 27.6 Å². The van der Waals surface area contributed by atoms with E-state index in [-0.39, 0.29) is 11.8 Å². The molecule has 1 heterocycles. The van der Waals surface area contributed by atoms with E-state index in [2.05, 4.69) is 5.32 Å². The van der Waals surface area contributed by atoms with Gasteiger partial charge in [0, 0.05) is 17.8 Å². The van der Waals surface area contributed by atoms with Gasteiger partial charge in [0.2, 0.25) is 5.75 Å². The number of rotatable bonds is 6. The Bertz CT molecular complexity index is 902. The molecule has 1 N–H and O–H groups in total. The molecule has 3 rings (SSSR count). The minimum absolute atomic E-state index is 0.121. The van der Waals surface area contributed by atoms with Gasteiger partial charge in [0.05, 0.1) is 33.4 Å². The lowest BCUT2D eigenvalue weighted by Gasteiger charge is -2.17. The number of nitrogens with one attached hydrogen (secondary N) is 1. The van der Waals surface area contributed by atoms with E-state index in [0.29, 0.717) is 59.5 Å². The van der Waals surface area contributed by atoms with Crippen LogP contribution in [0.5, 0.6) is 23.0 Å². The summed E-state index contributed by atoms with van der Waals surface area (Å²) in [6.07, 6.45) is 0. The number of hydrogen-bond donors (Lipinski definition) is 1. The van der Waals surface area contributed by atoms with Crippen molar-refractivity contribution in [3.63, 3.8) is 0 Å². The number of amides is 2. The molecule has 0 saturated carbocycles. The number of ether oxygens (including phenoxy) is 4. The van der Waals surface area contributed by atoms with Crippen LogP contribution in [0.25, 0.3) is 0 Å². The SMILES string of the molecule is CCN1CCOc2ccc(NC(=O)c3cc(OC)c(OC)c(OC)c3)cc2C1=O. The Morgan fingerprint density at radius 3 is 2.38 bits per heavy atom. The number of anilines is 1. The van der Waals surface area contributed by atoms with Crippen LogP contribution in [0.4, 0.5) is 5.69 Å². The maximum atomic E-state index is 12.8. The Kier molecular flexibility index (Phi) is 6.11. The topological polar surface area (TPSA) is 86.3 Å². The first kappa shape index (κ1) is 20.3. The summed E-state index contributed by atoms with van der Waals surface area (Å²) in [6.45, 7) is 3.46. The van der Waals surface area contributed by atoms with Gasteiger partial charge < -0.3 is 29.2 Å². The van der Waals surface area contributed by atoms with Crippen LogP contribution in [-0.4, -0.2) is 57.7 Å². The Balaban J connectivity index is 1.89. The Labute approximate surface area is 169 Å². The molecule has 0 bridgehead atoms. The predicted octanol–water partition coefficient (Wildman–Crippen LogP) is 2.82. The van der Waals surface area contributed by atoms with Crippen LogP contribution in [0.15, 0.2) is 30.3 Å². The van der Waals surface area contributed by atoms with Gasteiger partial charge in [-0.25, -0.2) is 0 Å². The van der Waals surface area contributed by atoms with E-state index in [0.717, 1.165) is 0 Å². The Morgan fingerprint density at radius 1 is 1.10 bits per heavy atom. The van der Waals surface area contributed by atoms with Crippen molar-refractivity contribution in [2.75, 3.05) is 46.3 Å². The standard InChI is InChI=1S/C21H24N2O6/c1-5-23-8-9-29-16-7-6-14(12-15(16)21(23)25)22-20(24)13-10-17(26-2)19(28-4)18(11-13)27-3/h6-7,10-12H,5,8-9H2,1-4H3,(H,22,24). The molecule has 2 amide bonds. The Hall–Kier alpha value is -3.42. The molecule has 8 nitrogen and oxygen atoms in total. The molecule has 0 saturated heterocycles. The van der Waals surface area contributed by atoms with E-state index in [1.165, 1.54) is 21.3 Å². The highest BCUT2D eigenvalue weighted by atomic mass is 16.5. The first-order valence-corrected chi connectivity index (χ1v) is 9.19. The average molecular weight is 400 g/mol. The van der Waals surface area contributed by atoms with Gasteiger partial charge in [0.15, 0.2) is 11.5 Å². The normalized spacial score (nSPS) is 13.1. The molecule has 0 atom stereocenters. The van der Waals surface area contributed by atoms with E-state index in [1.54, 1.807) is 35.2 Å². The summed E-state index contributed by atoms with van der Waals surface area (Å²) in [7, 11) is 4.46. The van der Waals surface area contributed by atoms with Crippen LogP contribution < -0.4 is 24.3 Å². The summed E-state index contributed by atoms with van der Waals surface area (Å²) in [5.74, 6) is 1.17. The molecule has 1 aliphatic rings. The summed E-state index contributed by atoms with van der Waals surface area (Å²) < 4.78 is 21.5. The van der Waals surface area contributed by atoms with Crippen molar-refractivity contribution in [1.29, 1.82) is 0 Å². The number of hydrogen-bond acceptors (Lipinski definition) is 6. The lowest BCUT2D eigenvalue weighted by molar-refractivity contribution is 0.0764. The first-order chi connectivity index (χ1) is 14.0. The van der Waals surface area contributed by atoms with Crippen LogP contribution in [-0.2, 0) is 0 Å². The summed E-state index contributed by atoms with van der Waals surface area (Å²) in [5, 5.41) is 2.81. The molecule has 0 aliphatic carbocycles. The van der Waals surface area contributed by atoms with Crippen LogP contribution in [0.2, 0.25) is 0 Å². The monoisotopic (exact) mass is 400 g/mol. The number of methoxy groups -OCH3 is 3. The summed E-state index contributed by atoms with van der Waals surface area (Å²) in [6, 6.07) is 8.14. The molecule has 0 unspecified atom stereocenters. The molecule has 0 fully saturated rings. The highest BCUT2D eigenvalue weighted by molar-refractivity contribution is 6.06. The Morgan fingerprint density at radius 2 is 1.79 bits per heavy atom. The number of nitrogens with zero attached hydrogens (tertiary/aromatic N) is 1. The van der Waals surface area contributed by atoms with Gasteiger partial charge in [-0.3, -0.25) is 9.59 Å². The summed E-state index contributed by atoms with van der Waals surface area (Å²) >= 11 is 0. The molecule has 154 valence electrons. The summed E-state index contributed by atoms with van der Waals surface area (Å²) in [5.41, 5.74) is 1.23. The molecule has 0 radical (unpaired) electrons. The average Bonchev–Trinajstić information content (AvgIpc) is 2.90. The molecular formula is C21H24N2O6. The van der Waals surface area contributed by atoms with Gasteiger partial charge >= 0.3 is 0 Å². The van der Waals surface area contributed by atoms with Crippen molar-refractivity contribution >= 4 is 17.5 Å². The fourth-order valence-corrected chi connectivity index (χ4v) is 3.16. The smallest absolute Gasteiger partial charge is 0.257 e. The molecular weight excluding hydrogens is 376 g/mol. The van der Waals surface area contributed by atoms with E-state index in [1.807, 2.05) is 6.92 Å². The van der Waals surface area contributed by atoms with Gasteiger partial charge in [0.25, 0.3) is 11.8 Å². The minimum Gasteiger partial charge on any atom is -0.493 e. The minimum atomic E-state index is -0.376. The number of likely N-dealkylation sites (N-methyl/N-ethyl adjacent to an activating group) is 1. The largest absolute Gasteiger partial charge is 0.493 e. The quantitative estimate of drug-likeness (QED) is 0.803. The number of carbonyl (C=O) groups is 2. The fourth-order valence-electron chi connectivity index (χ4n) is 3.16. The predicted molar refractivity (Wildman–Crippen MR) is 108 cm³/mol. The van der Waals surface area contributed by atoms with Gasteiger partial charge in [-0.2, -0.15) is 0 Å². The van der Waals surface area contributed by atoms with E-state index in [4.69, 9.17) is 18.9 Å². The van der Waals surface area contributed by atoms with Gasteiger partial charge in [-0.15, -0.1) is 0 Å².